The second-order valence-electron chi connectivity index (χ2n) is 6.90. The van der Waals surface area contributed by atoms with Gasteiger partial charge < -0.3 is 14.8 Å². The zero-order chi connectivity index (χ0) is 15.1. The maximum Gasteiger partial charge on any atom is 0.488 e. The third-order valence-corrected chi connectivity index (χ3v) is 3.76. The van der Waals surface area contributed by atoms with Crippen LogP contribution >= 0.6 is 0 Å². The molecule has 0 atom stereocenters. The fourth-order valence-electron chi connectivity index (χ4n) is 3.23. The van der Waals surface area contributed by atoms with Crippen molar-refractivity contribution in [2.24, 2.45) is 5.41 Å². The maximum absolute atomic E-state index is 9.33. The van der Waals surface area contributed by atoms with Crippen molar-refractivity contribution in [3.05, 3.63) is 35.4 Å². The van der Waals surface area contributed by atoms with E-state index in [4.69, 9.17) is 4.74 Å². The summed E-state index contributed by atoms with van der Waals surface area (Å²) in [6.07, 6.45) is 0. The van der Waals surface area contributed by atoms with E-state index < -0.39 is 7.12 Å². The van der Waals surface area contributed by atoms with Crippen LogP contribution in [0.3, 0.4) is 0 Å². The lowest BCUT2D eigenvalue weighted by molar-refractivity contribution is 0.0401. The molecule has 1 heterocycles. The summed E-state index contributed by atoms with van der Waals surface area (Å²) in [6.45, 7) is 11.3. The molecule has 1 aliphatic rings. The van der Waals surface area contributed by atoms with Crippen LogP contribution in [0, 0.1) is 5.41 Å². The van der Waals surface area contributed by atoms with Gasteiger partial charge in [-0.05, 0) is 41.4 Å². The maximum atomic E-state index is 9.33. The zero-order valence-corrected chi connectivity index (χ0v) is 12.9. The summed E-state index contributed by atoms with van der Waals surface area (Å²) >= 11 is 0. The van der Waals surface area contributed by atoms with Gasteiger partial charge in [-0.25, -0.2) is 0 Å². The predicted octanol–water partition coefficient (Wildman–Crippen LogP) is 1.97. The van der Waals surface area contributed by atoms with E-state index in [-0.39, 0.29) is 11.0 Å². The fraction of sp³-hybridized carbons (Fsp3) is 0.500. The third-order valence-electron chi connectivity index (χ3n) is 3.76. The normalized spacial score (nSPS) is 18.6. The highest BCUT2D eigenvalue weighted by atomic mass is 16.5. The number of ether oxygens (including phenoxy) is 1. The minimum atomic E-state index is -1.44. The third kappa shape index (κ3) is 2.83. The quantitative estimate of drug-likeness (QED) is 0.811. The molecule has 1 aromatic rings. The zero-order valence-electron chi connectivity index (χ0n) is 12.9. The highest BCUT2D eigenvalue weighted by Crippen LogP contribution is 2.45. The Balaban J connectivity index is 2.57. The van der Waals surface area contributed by atoms with Crippen molar-refractivity contribution in [1.29, 1.82) is 0 Å². The molecule has 2 rings (SSSR count). The van der Waals surface area contributed by atoms with E-state index in [9.17, 15) is 10.0 Å². The Morgan fingerprint density at radius 2 is 1.85 bits per heavy atom. The molecule has 3 nitrogen and oxygen atoms in total. The summed E-state index contributed by atoms with van der Waals surface area (Å²) in [5, 5.41) is 18.7. The van der Waals surface area contributed by atoms with Crippen molar-refractivity contribution in [3.63, 3.8) is 0 Å². The number of benzene rings is 1. The molecular weight excluding hydrogens is 251 g/mol. The van der Waals surface area contributed by atoms with Crippen LogP contribution in [0.25, 0.3) is 5.57 Å². The molecule has 0 aliphatic carbocycles. The van der Waals surface area contributed by atoms with Crippen LogP contribution in [0.1, 0.15) is 40.2 Å². The Hall–Kier alpha value is -1.10. The largest absolute Gasteiger partial charge is 0.488 e. The molecule has 108 valence electrons. The summed E-state index contributed by atoms with van der Waals surface area (Å²) in [6, 6.07) is 7.39. The summed E-state index contributed by atoms with van der Waals surface area (Å²) in [5.41, 5.74) is 3.66. The van der Waals surface area contributed by atoms with Crippen molar-refractivity contribution in [2.75, 3.05) is 6.61 Å². The highest BCUT2D eigenvalue weighted by Gasteiger charge is 2.40. The average Bonchev–Trinajstić information content (AvgIpc) is 2.65. The lowest BCUT2D eigenvalue weighted by Crippen LogP contribution is -2.30. The van der Waals surface area contributed by atoms with Crippen LogP contribution in [0.15, 0.2) is 29.8 Å². The topological polar surface area (TPSA) is 49.7 Å². The Kier molecular flexibility index (Phi) is 3.84. The van der Waals surface area contributed by atoms with Gasteiger partial charge in [0.05, 0.1) is 12.2 Å². The molecule has 0 unspecified atom stereocenters. The monoisotopic (exact) mass is 274 g/mol. The second-order valence-corrected chi connectivity index (χ2v) is 6.90. The van der Waals surface area contributed by atoms with Gasteiger partial charge in [-0.1, -0.05) is 45.0 Å². The van der Waals surface area contributed by atoms with E-state index in [0.717, 1.165) is 11.1 Å². The average molecular weight is 274 g/mol. The predicted molar refractivity (Wildman–Crippen MR) is 82.7 cm³/mol. The summed E-state index contributed by atoms with van der Waals surface area (Å²) in [7, 11) is -1.44. The molecule has 20 heavy (non-hydrogen) atoms. The number of hydrogen-bond donors (Lipinski definition) is 2. The van der Waals surface area contributed by atoms with Gasteiger partial charge in [-0.15, -0.1) is 0 Å². The molecule has 0 amide bonds. The van der Waals surface area contributed by atoms with Crippen molar-refractivity contribution in [2.45, 2.75) is 40.2 Å². The highest BCUT2D eigenvalue weighted by molar-refractivity contribution is 6.58. The van der Waals surface area contributed by atoms with Gasteiger partial charge in [-0.3, -0.25) is 0 Å². The van der Waals surface area contributed by atoms with E-state index in [0.29, 0.717) is 12.1 Å². The molecule has 0 fully saturated rings. The van der Waals surface area contributed by atoms with Crippen molar-refractivity contribution < 1.29 is 14.8 Å². The Labute approximate surface area is 121 Å². The second kappa shape index (κ2) is 5.03. The first-order valence-electron chi connectivity index (χ1n) is 6.97. The molecule has 0 saturated heterocycles. The first-order chi connectivity index (χ1) is 9.13. The van der Waals surface area contributed by atoms with E-state index >= 15 is 0 Å². The first kappa shape index (κ1) is 15.3. The number of hydrogen-bond acceptors (Lipinski definition) is 3. The minimum Gasteiger partial charge on any atom is -0.423 e. The summed E-state index contributed by atoms with van der Waals surface area (Å²) < 4.78 is 5.95. The molecular formula is C16H23BO3. The molecule has 0 radical (unpaired) electrons. The summed E-state index contributed by atoms with van der Waals surface area (Å²) in [4.78, 5) is 0. The Morgan fingerprint density at radius 1 is 1.20 bits per heavy atom. The van der Waals surface area contributed by atoms with Crippen LogP contribution in [0.2, 0.25) is 0 Å². The van der Waals surface area contributed by atoms with Crippen LogP contribution in [-0.2, 0) is 4.74 Å². The van der Waals surface area contributed by atoms with Crippen molar-refractivity contribution >= 4 is 18.2 Å². The first-order valence-corrected chi connectivity index (χ1v) is 6.97. The molecule has 4 heteroatoms. The molecule has 0 bridgehead atoms. The minimum absolute atomic E-state index is 0.00314. The van der Waals surface area contributed by atoms with E-state index in [1.54, 1.807) is 6.07 Å². The molecule has 0 aromatic heterocycles. The van der Waals surface area contributed by atoms with Crippen molar-refractivity contribution in [3.8, 4) is 0 Å². The van der Waals surface area contributed by atoms with Crippen LogP contribution in [0.5, 0.6) is 0 Å². The van der Waals surface area contributed by atoms with Gasteiger partial charge >= 0.3 is 7.12 Å². The Bertz CT molecular complexity index is 539. The van der Waals surface area contributed by atoms with Gasteiger partial charge in [0.15, 0.2) is 0 Å². The van der Waals surface area contributed by atoms with E-state index in [1.165, 1.54) is 5.57 Å². The van der Waals surface area contributed by atoms with Gasteiger partial charge in [0.2, 0.25) is 0 Å². The number of rotatable bonds is 2. The lowest BCUT2D eigenvalue weighted by Gasteiger charge is -2.32. The van der Waals surface area contributed by atoms with Crippen molar-refractivity contribution in [1.82, 2.24) is 0 Å². The van der Waals surface area contributed by atoms with Gasteiger partial charge in [-0.2, -0.15) is 0 Å². The smallest absolute Gasteiger partial charge is 0.423 e. The van der Waals surface area contributed by atoms with E-state index in [1.807, 2.05) is 18.2 Å². The molecule has 2 N–H and O–H groups in total. The van der Waals surface area contributed by atoms with Crippen LogP contribution in [0.4, 0.5) is 0 Å². The standard InChI is InChI=1S/C16H23BO3/c1-15(2,3)14-13(10-20-16(14,4)5)11-7-6-8-12(9-11)17(18)19/h6-9,18-19H,10H2,1-5H3. The summed E-state index contributed by atoms with van der Waals surface area (Å²) in [5.74, 6) is 0. The Morgan fingerprint density at radius 3 is 2.40 bits per heavy atom. The molecule has 1 aliphatic heterocycles. The lowest BCUT2D eigenvalue weighted by atomic mass is 9.74. The van der Waals surface area contributed by atoms with E-state index in [2.05, 4.69) is 34.6 Å². The van der Waals surface area contributed by atoms with Gasteiger partial charge in [0.1, 0.15) is 0 Å². The van der Waals surface area contributed by atoms with Gasteiger partial charge in [0.25, 0.3) is 0 Å². The van der Waals surface area contributed by atoms with Crippen LogP contribution < -0.4 is 5.46 Å². The van der Waals surface area contributed by atoms with Gasteiger partial charge in [0, 0.05) is 0 Å². The molecule has 0 saturated carbocycles. The fourth-order valence-corrected chi connectivity index (χ4v) is 3.23. The SMILES string of the molecule is CC(C)(C)C1=C(c2cccc(B(O)O)c2)COC1(C)C. The molecule has 1 aromatic carbocycles. The molecule has 0 spiro atoms. The van der Waals surface area contributed by atoms with Crippen LogP contribution in [-0.4, -0.2) is 29.4 Å².